The Bertz CT molecular complexity index is 979. The van der Waals surface area contributed by atoms with E-state index in [4.69, 9.17) is 14.6 Å². The van der Waals surface area contributed by atoms with Crippen molar-refractivity contribution in [1.82, 2.24) is 15.0 Å². The van der Waals surface area contributed by atoms with Crippen LogP contribution in [0.25, 0.3) is 11.8 Å². The minimum atomic E-state index is -1.01. The van der Waals surface area contributed by atoms with Crippen LogP contribution in [0.15, 0.2) is 54.7 Å². The second kappa shape index (κ2) is 8.18. The van der Waals surface area contributed by atoms with Crippen molar-refractivity contribution in [2.24, 2.45) is 0 Å². The lowest BCUT2D eigenvalue weighted by Gasteiger charge is -2.10. The van der Waals surface area contributed by atoms with Gasteiger partial charge in [-0.1, -0.05) is 23.4 Å². The van der Waals surface area contributed by atoms with E-state index in [1.165, 1.54) is 13.2 Å². The number of carboxylic acids is 1. The van der Waals surface area contributed by atoms with Gasteiger partial charge in [-0.25, -0.2) is 9.48 Å². The molecular formula is C20H19N3O4. The highest BCUT2D eigenvalue weighted by molar-refractivity contribution is 5.85. The number of carbonyl (C=O) groups is 1. The van der Waals surface area contributed by atoms with Gasteiger partial charge in [0, 0.05) is 6.08 Å². The molecule has 0 spiro atoms. The minimum Gasteiger partial charge on any atom is -0.493 e. The summed E-state index contributed by atoms with van der Waals surface area (Å²) in [7, 11) is 1.53. The van der Waals surface area contributed by atoms with Gasteiger partial charge in [0.25, 0.3) is 0 Å². The van der Waals surface area contributed by atoms with E-state index in [1.807, 2.05) is 37.4 Å². The van der Waals surface area contributed by atoms with Crippen molar-refractivity contribution in [3.8, 4) is 17.2 Å². The maximum Gasteiger partial charge on any atom is 0.328 e. The van der Waals surface area contributed by atoms with Crippen LogP contribution in [0.5, 0.6) is 11.5 Å². The summed E-state index contributed by atoms with van der Waals surface area (Å²) in [6, 6.07) is 13.1. The van der Waals surface area contributed by atoms with Crippen molar-refractivity contribution in [2.75, 3.05) is 7.11 Å². The highest BCUT2D eigenvalue weighted by atomic mass is 16.5. The van der Waals surface area contributed by atoms with Gasteiger partial charge in [-0.05, 0) is 48.4 Å². The number of carboxylic acid groups (broad SMARTS) is 1. The molecule has 0 aliphatic carbocycles. The molecule has 1 heterocycles. The number of nitrogens with zero attached hydrogens (tertiary/aromatic N) is 3. The van der Waals surface area contributed by atoms with Gasteiger partial charge in [0.05, 0.1) is 19.0 Å². The Morgan fingerprint density at radius 2 is 2.07 bits per heavy atom. The Labute approximate surface area is 156 Å². The number of aliphatic carboxylic acids is 1. The summed E-state index contributed by atoms with van der Waals surface area (Å²) in [5, 5.41) is 17.0. The molecule has 1 aromatic heterocycles. The highest BCUT2D eigenvalue weighted by Gasteiger charge is 2.08. The summed E-state index contributed by atoms with van der Waals surface area (Å²) in [4.78, 5) is 10.6. The second-order valence-corrected chi connectivity index (χ2v) is 5.86. The summed E-state index contributed by atoms with van der Waals surface area (Å²) in [6.45, 7) is 2.25. The van der Waals surface area contributed by atoms with E-state index < -0.39 is 5.97 Å². The van der Waals surface area contributed by atoms with Crippen molar-refractivity contribution in [3.63, 3.8) is 0 Å². The van der Waals surface area contributed by atoms with Gasteiger partial charge in [0.1, 0.15) is 12.3 Å². The van der Waals surface area contributed by atoms with Crippen molar-refractivity contribution in [1.29, 1.82) is 0 Å². The molecule has 3 rings (SSSR count). The Kier molecular flexibility index (Phi) is 5.51. The van der Waals surface area contributed by atoms with Gasteiger partial charge in [-0.15, -0.1) is 5.10 Å². The molecule has 0 fully saturated rings. The van der Waals surface area contributed by atoms with Crippen LogP contribution >= 0.6 is 0 Å². The molecule has 0 unspecified atom stereocenters. The Morgan fingerprint density at radius 1 is 1.22 bits per heavy atom. The van der Waals surface area contributed by atoms with E-state index in [1.54, 1.807) is 22.9 Å². The first kappa shape index (κ1) is 18.2. The smallest absolute Gasteiger partial charge is 0.328 e. The van der Waals surface area contributed by atoms with Gasteiger partial charge >= 0.3 is 5.97 Å². The highest BCUT2D eigenvalue weighted by Crippen LogP contribution is 2.29. The maximum atomic E-state index is 10.6. The zero-order chi connectivity index (χ0) is 19.2. The lowest BCUT2D eigenvalue weighted by Crippen LogP contribution is -1.98. The molecule has 2 aromatic carbocycles. The molecule has 0 atom stereocenters. The topological polar surface area (TPSA) is 86.5 Å². The molecule has 3 aromatic rings. The van der Waals surface area contributed by atoms with Crippen LogP contribution in [0, 0.1) is 6.92 Å². The molecule has 0 aliphatic heterocycles. The predicted molar refractivity (Wildman–Crippen MR) is 100 cm³/mol. The minimum absolute atomic E-state index is 0.229. The first-order valence-electron chi connectivity index (χ1n) is 8.25. The number of hydrogen-bond acceptors (Lipinski definition) is 5. The molecular weight excluding hydrogens is 346 g/mol. The molecule has 0 amide bonds. The Hall–Kier alpha value is -3.61. The van der Waals surface area contributed by atoms with E-state index in [2.05, 4.69) is 10.3 Å². The third-order valence-electron chi connectivity index (χ3n) is 3.79. The monoisotopic (exact) mass is 365 g/mol. The molecule has 7 heteroatoms. The Morgan fingerprint density at radius 3 is 2.81 bits per heavy atom. The van der Waals surface area contributed by atoms with Gasteiger partial charge in [0.15, 0.2) is 11.5 Å². The van der Waals surface area contributed by atoms with Crippen LogP contribution in [0.2, 0.25) is 0 Å². The normalized spacial score (nSPS) is 10.9. The average molecular weight is 365 g/mol. The molecule has 7 nitrogen and oxygen atoms in total. The fourth-order valence-corrected chi connectivity index (χ4v) is 2.49. The first-order valence-corrected chi connectivity index (χ1v) is 8.25. The molecule has 0 bridgehead atoms. The van der Waals surface area contributed by atoms with Crippen LogP contribution in [-0.2, 0) is 11.4 Å². The number of aryl methyl sites for hydroxylation is 1. The van der Waals surface area contributed by atoms with Crippen LogP contribution in [0.3, 0.4) is 0 Å². The summed E-state index contributed by atoms with van der Waals surface area (Å²) < 4.78 is 12.8. The zero-order valence-corrected chi connectivity index (χ0v) is 15.0. The van der Waals surface area contributed by atoms with Gasteiger partial charge < -0.3 is 14.6 Å². The summed E-state index contributed by atoms with van der Waals surface area (Å²) in [5.74, 6) is 0.0367. The summed E-state index contributed by atoms with van der Waals surface area (Å²) in [6.07, 6.45) is 4.37. The summed E-state index contributed by atoms with van der Waals surface area (Å²) in [5.41, 5.74) is 3.45. The van der Waals surface area contributed by atoms with Crippen molar-refractivity contribution in [2.45, 2.75) is 13.5 Å². The lowest BCUT2D eigenvalue weighted by atomic mass is 10.2. The number of methoxy groups -OCH3 is 1. The van der Waals surface area contributed by atoms with Crippen LogP contribution in [0.1, 0.15) is 16.8 Å². The molecule has 0 saturated heterocycles. The predicted octanol–water partition coefficient (Wildman–Crippen LogP) is 3.26. The fourth-order valence-electron chi connectivity index (χ4n) is 2.49. The number of aromatic nitrogens is 3. The first-order chi connectivity index (χ1) is 13.0. The molecule has 138 valence electrons. The quantitative estimate of drug-likeness (QED) is 0.647. The van der Waals surface area contributed by atoms with E-state index >= 15 is 0 Å². The van der Waals surface area contributed by atoms with Crippen molar-refractivity contribution < 1.29 is 19.4 Å². The second-order valence-electron chi connectivity index (χ2n) is 5.86. The van der Waals surface area contributed by atoms with Crippen LogP contribution in [-0.4, -0.2) is 33.2 Å². The van der Waals surface area contributed by atoms with Gasteiger partial charge in [0.2, 0.25) is 0 Å². The fraction of sp³-hybridized carbons (Fsp3) is 0.150. The zero-order valence-electron chi connectivity index (χ0n) is 15.0. The van der Waals surface area contributed by atoms with E-state index in [-0.39, 0.29) is 6.61 Å². The third kappa shape index (κ3) is 4.72. The Balaban J connectivity index is 1.70. The number of rotatable bonds is 7. The number of benzene rings is 2. The van der Waals surface area contributed by atoms with Crippen LogP contribution in [0.4, 0.5) is 0 Å². The molecule has 27 heavy (non-hydrogen) atoms. The van der Waals surface area contributed by atoms with Crippen LogP contribution < -0.4 is 9.47 Å². The van der Waals surface area contributed by atoms with E-state index in [0.29, 0.717) is 22.8 Å². The standard InChI is InChI=1S/C20H19N3O4/c1-14-4-3-5-17(10-14)23-12-16(21-22-23)13-27-18-8-6-15(7-9-20(24)25)11-19(18)26-2/h3-12H,13H2,1-2H3,(H,24,25)/b9-7+. The molecule has 0 saturated carbocycles. The van der Waals surface area contributed by atoms with Crippen molar-refractivity contribution in [3.05, 3.63) is 71.6 Å². The maximum absolute atomic E-state index is 10.6. The lowest BCUT2D eigenvalue weighted by molar-refractivity contribution is -0.131. The average Bonchev–Trinajstić information content (AvgIpc) is 3.14. The number of hydrogen-bond donors (Lipinski definition) is 1. The largest absolute Gasteiger partial charge is 0.493 e. The van der Waals surface area contributed by atoms with E-state index in [0.717, 1.165) is 17.3 Å². The van der Waals surface area contributed by atoms with Gasteiger partial charge in [-0.3, -0.25) is 0 Å². The molecule has 0 aliphatic rings. The van der Waals surface area contributed by atoms with Gasteiger partial charge in [-0.2, -0.15) is 0 Å². The van der Waals surface area contributed by atoms with Crippen molar-refractivity contribution >= 4 is 12.0 Å². The van der Waals surface area contributed by atoms with E-state index in [9.17, 15) is 4.79 Å². The molecule has 1 N–H and O–H groups in total. The molecule has 0 radical (unpaired) electrons. The summed E-state index contributed by atoms with van der Waals surface area (Å²) >= 11 is 0. The third-order valence-corrected chi connectivity index (χ3v) is 3.79. The SMILES string of the molecule is COc1cc(/C=C/C(=O)O)ccc1OCc1cn(-c2cccc(C)c2)nn1. The number of ether oxygens (including phenoxy) is 2.